The van der Waals surface area contributed by atoms with Gasteiger partial charge in [-0.3, -0.25) is 11.5 Å². The molecule has 7 rings (SSSR count). The van der Waals surface area contributed by atoms with E-state index in [-0.39, 0.29) is 39.0 Å². The molecule has 4 saturated carbocycles. The molecule has 0 N–H and O–H groups in total. The van der Waals surface area contributed by atoms with Gasteiger partial charge in [-0.1, -0.05) is 104 Å². The van der Waals surface area contributed by atoms with Crippen LogP contribution < -0.4 is 0 Å². The van der Waals surface area contributed by atoms with Crippen LogP contribution in [0.1, 0.15) is 128 Å². The Hall–Kier alpha value is -1.15. The monoisotopic (exact) mass is 703 g/mol. The van der Waals surface area contributed by atoms with Crippen molar-refractivity contribution in [2.75, 3.05) is 14.1 Å². The van der Waals surface area contributed by atoms with Crippen molar-refractivity contribution in [1.82, 2.24) is 4.90 Å². The average Bonchev–Trinajstić information content (AvgIpc) is 3.85. The van der Waals surface area contributed by atoms with Crippen LogP contribution >= 0.6 is 15.8 Å². The van der Waals surface area contributed by atoms with Gasteiger partial charge in [0.05, 0.1) is 0 Å². The molecule has 0 aromatic carbocycles. The zero-order valence-corrected chi connectivity index (χ0v) is 31.9. The van der Waals surface area contributed by atoms with E-state index in [0.29, 0.717) is 0 Å². The van der Waals surface area contributed by atoms with Gasteiger partial charge in [0.25, 0.3) is 0 Å². The van der Waals surface area contributed by atoms with E-state index >= 15 is 0 Å². The summed E-state index contributed by atoms with van der Waals surface area (Å²) in [5.41, 5.74) is 23.6. The SMILES string of the molecule is CN(C)[C@H](C1=C=C=C=C1P(C1CCCCC1)C1CCCCC1)[C-]1C=C[CH]C=C1P(C1CCCCC1)C1CCCCC1.[C]1=C=C=C=[C-]1.[Fe+2]. The number of hydrogen-bond donors (Lipinski definition) is 0. The number of rotatable bonds is 9. The smallest absolute Gasteiger partial charge is 0.308 e. The third-order valence-corrected chi connectivity index (χ3v) is 18.4. The normalized spacial score (nSPS) is 24.1. The summed E-state index contributed by atoms with van der Waals surface area (Å²) in [6.45, 7) is 0. The van der Waals surface area contributed by atoms with Crippen molar-refractivity contribution in [3.8, 4) is 0 Å². The minimum absolute atomic E-state index is 0. The van der Waals surface area contributed by atoms with Gasteiger partial charge in [0.1, 0.15) is 0 Å². The summed E-state index contributed by atoms with van der Waals surface area (Å²) in [4.78, 5) is 2.53. The molecule has 7 aliphatic carbocycles. The molecule has 0 amide bonds. The number of nitrogens with zero attached hydrogens (tertiary/aromatic N) is 1. The van der Waals surface area contributed by atoms with E-state index in [1.165, 1.54) is 134 Å². The van der Waals surface area contributed by atoms with E-state index in [4.69, 9.17) is 0 Å². The Balaban J connectivity index is 0.000000662. The van der Waals surface area contributed by atoms with Crippen molar-refractivity contribution in [2.24, 2.45) is 0 Å². The minimum atomic E-state index is -0.212. The van der Waals surface area contributed by atoms with Crippen molar-refractivity contribution >= 4 is 15.8 Å². The second-order valence-corrected chi connectivity index (χ2v) is 20.1. The maximum Gasteiger partial charge on any atom is 2.00 e. The molecule has 0 unspecified atom stereocenters. The molecule has 0 spiro atoms. The van der Waals surface area contributed by atoms with Gasteiger partial charge in [-0.05, 0) is 93.8 Å². The molecule has 0 aliphatic heterocycles. The molecule has 1 nitrogen and oxygen atoms in total. The van der Waals surface area contributed by atoms with Crippen LogP contribution in [0.15, 0.2) is 68.8 Å². The van der Waals surface area contributed by atoms with E-state index < -0.39 is 0 Å². The van der Waals surface area contributed by atoms with Crippen molar-refractivity contribution in [3.05, 3.63) is 93.3 Å². The number of hydrogen-bond acceptors (Lipinski definition) is 1. The Morgan fingerprint density at radius 1 is 0.681 bits per heavy atom. The predicted molar refractivity (Wildman–Crippen MR) is 198 cm³/mol. The summed E-state index contributed by atoms with van der Waals surface area (Å²) >= 11 is 0. The Morgan fingerprint density at radius 2 is 1.19 bits per heavy atom. The van der Waals surface area contributed by atoms with E-state index in [1.807, 2.05) is 0 Å². The van der Waals surface area contributed by atoms with E-state index in [1.54, 1.807) is 16.5 Å². The summed E-state index contributed by atoms with van der Waals surface area (Å²) in [7, 11) is 4.30. The Labute approximate surface area is 300 Å². The Bertz CT molecular complexity index is 1320. The van der Waals surface area contributed by atoms with Crippen LogP contribution in [0.5, 0.6) is 0 Å². The van der Waals surface area contributed by atoms with Crippen molar-refractivity contribution in [2.45, 2.75) is 157 Å². The molecule has 7 aliphatic rings. The van der Waals surface area contributed by atoms with Crippen LogP contribution in [-0.2, 0) is 17.1 Å². The third kappa shape index (κ3) is 9.55. The second-order valence-electron chi connectivity index (χ2n) is 14.7. The minimum Gasteiger partial charge on any atom is -0.308 e. The van der Waals surface area contributed by atoms with Crippen LogP contribution in [0.3, 0.4) is 0 Å². The number of likely N-dealkylation sites (N-methyl/N-ethyl adjacent to an activating group) is 1. The van der Waals surface area contributed by atoms with Crippen LogP contribution in [0.4, 0.5) is 0 Å². The predicted octanol–water partition coefficient (Wildman–Crippen LogP) is 11.8. The van der Waals surface area contributed by atoms with Crippen molar-refractivity contribution < 1.29 is 17.1 Å². The van der Waals surface area contributed by atoms with Gasteiger partial charge in [-0.15, -0.1) is 29.8 Å². The molecule has 47 heavy (non-hydrogen) atoms. The largest absolute Gasteiger partial charge is 2.00 e. The molecule has 0 bridgehead atoms. The maximum atomic E-state index is 3.81. The van der Waals surface area contributed by atoms with Gasteiger partial charge >= 0.3 is 17.1 Å². The molecule has 1 atom stereocenters. The van der Waals surface area contributed by atoms with Gasteiger partial charge in [-0.2, -0.15) is 18.2 Å². The molecular weight excluding hydrogens is 648 g/mol. The molecule has 0 heterocycles. The van der Waals surface area contributed by atoms with Gasteiger partial charge in [0.15, 0.2) is 0 Å². The Kier molecular flexibility index (Phi) is 15.2. The van der Waals surface area contributed by atoms with Crippen LogP contribution in [0.2, 0.25) is 0 Å². The maximum absolute atomic E-state index is 3.81. The fraction of sp³-hybridized carbons (Fsp3) is 0.628. The molecule has 250 valence electrons. The van der Waals surface area contributed by atoms with Gasteiger partial charge in [0, 0.05) is 16.9 Å². The first-order valence-corrected chi connectivity index (χ1v) is 21.8. The fourth-order valence-corrected chi connectivity index (χ4v) is 17.1. The topological polar surface area (TPSA) is 3.24 Å². The summed E-state index contributed by atoms with van der Waals surface area (Å²) in [6.07, 6.45) is 43.8. The Morgan fingerprint density at radius 3 is 1.62 bits per heavy atom. The van der Waals surface area contributed by atoms with E-state index in [2.05, 4.69) is 90.2 Å². The summed E-state index contributed by atoms with van der Waals surface area (Å²) < 4.78 is 0. The number of allylic oxidation sites excluding steroid dienone is 4. The van der Waals surface area contributed by atoms with E-state index in [9.17, 15) is 0 Å². The fourth-order valence-electron chi connectivity index (χ4n) is 9.28. The average molecular weight is 704 g/mol. The van der Waals surface area contributed by atoms with Crippen LogP contribution in [-0.4, -0.2) is 47.7 Å². The van der Waals surface area contributed by atoms with Crippen LogP contribution in [0, 0.1) is 24.5 Å². The van der Waals surface area contributed by atoms with Gasteiger partial charge in [0.2, 0.25) is 0 Å². The molecule has 0 aromatic rings. The third-order valence-electron chi connectivity index (χ3n) is 11.4. The van der Waals surface area contributed by atoms with Crippen molar-refractivity contribution in [1.29, 1.82) is 0 Å². The van der Waals surface area contributed by atoms with E-state index in [0.717, 1.165) is 22.6 Å². The van der Waals surface area contributed by atoms with Gasteiger partial charge < -0.3 is 4.90 Å². The quantitative estimate of drug-likeness (QED) is 0.100. The first-order chi connectivity index (χ1) is 22.7. The second kappa shape index (κ2) is 19.3. The molecular formula is C43H55FeNP2. The summed E-state index contributed by atoms with van der Waals surface area (Å²) in [5, 5.41) is 3.33. The summed E-state index contributed by atoms with van der Waals surface area (Å²) in [6, 6.07) is 0.276. The zero-order valence-electron chi connectivity index (χ0n) is 29.0. The summed E-state index contributed by atoms with van der Waals surface area (Å²) in [5.74, 6) is 1.60. The zero-order chi connectivity index (χ0) is 31.6. The standard InChI is InChI=1S/C38H55NP2.C5.Fe/c1-39(2)38(35-27-17-29-37(35)41(32-22-11-5-12-23-32)33-24-13-6-14-25-33)34-26-15-16-28-36(34)40(30-18-7-3-8-19-30)31-20-9-4-10-21-31;1-2-4-5-3-1;/h15-16,26,28,30-33,38H,3-14,18-25H2,1-2H3;;/q2*-1;+2/t38-;;/m0../s1. The van der Waals surface area contributed by atoms with Gasteiger partial charge in [-0.25, -0.2) is 5.73 Å². The molecule has 2 radical (unpaired) electrons. The van der Waals surface area contributed by atoms with Crippen LogP contribution in [0.25, 0.3) is 0 Å². The van der Waals surface area contributed by atoms with Crippen molar-refractivity contribution in [3.63, 3.8) is 0 Å². The molecule has 0 saturated heterocycles. The molecule has 0 aromatic heterocycles. The first kappa shape index (κ1) is 37.1. The first-order valence-electron chi connectivity index (χ1n) is 18.8. The molecule has 4 fully saturated rings. The molecule has 4 heteroatoms.